The number of primary amides is 1. The zero-order chi connectivity index (χ0) is 42.6. The van der Waals surface area contributed by atoms with Crippen LogP contribution in [0.15, 0.2) is 115 Å². The van der Waals surface area contributed by atoms with E-state index in [1.54, 1.807) is 41.3 Å². The number of benzene rings is 4. The van der Waals surface area contributed by atoms with Gasteiger partial charge in [0.2, 0.25) is 35.4 Å². The van der Waals surface area contributed by atoms with E-state index in [-0.39, 0.29) is 50.6 Å². The molecule has 2 aliphatic heterocycles. The maximum atomic E-state index is 14.8. The molecule has 13 heteroatoms. The van der Waals surface area contributed by atoms with Crippen LogP contribution in [0.3, 0.4) is 0 Å². The molecule has 0 radical (unpaired) electrons. The average molecular weight is 811 g/mol. The second-order valence-electron chi connectivity index (χ2n) is 15.5. The van der Waals surface area contributed by atoms with Crippen molar-refractivity contribution >= 4 is 41.2 Å². The number of amides is 6. The fourth-order valence-corrected chi connectivity index (χ4v) is 7.77. The summed E-state index contributed by atoms with van der Waals surface area (Å²) in [6.07, 6.45) is 3.56. The number of rotatable bonds is 7. The van der Waals surface area contributed by atoms with Gasteiger partial charge in [0.25, 0.3) is 0 Å². The van der Waals surface area contributed by atoms with E-state index in [0.29, 0.717) is 42.5 Å². The van der Waals surface area contributed by atoms with E-state index in [0.717, 1.165) is 34.4 Å². The van der Waals surface area contributed by atoms with Gasteiger partial charge in [-0.2, -0.15) is 0 Å². The minimum absolute atomic E-state index is 0.000734. The first-order valence-electron chi connectivity index (χ1n) is 20.1. The summed E-state index contributed by atoms with van der Waals surface area (Å²) in [6.45, 7) is 1.97. The topological polar surface area (TPSA) is 197 Å². The molecule has 0 aliphatic carbocycles. The Morgan fingerprint density at radius 2 is 1.43 bits per heavy atom. The van der Waals surface area contributed by atoms with Crippen molar-refractivity contribution in [3.8, 4) is 11.1 Å². The third-order valence-corrected chi connectivity index (χ3v) is 11.1. The predicted molar refractivity (Wildman–Crippen MR) is 226 cm³/mol. The van der Waals surface area contributed by atoms with Gasteiger partial charge in [-0.15, -0.1) is 0 Å². The lowest BCUT2D eigenvalue weighted by atomic mass is 9.74. The Hall–Kier alpha value is -6.89. The van der Waals surface area contributed by atoms with E-state index in [2.05, 4.69) is 21.3 Å². The Kier molecular flexibility index (Phi) is 14.0. The first kappa shape index (κ1) is 42.7. The molecule has 2 aliphatic rings. The van der Waals surface area contributed by atoms with Crippen LogP contribution in [0.4, 0.5) is 0 Å². The van der Waals surface area contributed by atoms with Gasteiger partial charge in [-0.1, -0.05) is 103 Å². The monoisotopic (exact) mass is 810 g/mol. The van der Waals surface area contributed by atoms with Gasteiger partial charge in [-0.05, 0) is 66.0 Å². The number of hydrogen-bond acceptors (Lipinski definition) is 7. The number of nitrogens with one attached hydrogen (secondary N) is 4. The van der Waals surface area contributed by atoms with Crippen LogP contribution in [0.5, 0.6) is 0 Å². The number of fused-ring (bicyclic) bond motifs is 3. The molecule has 4 aromatic rings. The third kappa shape index (κ3) is 11.2. The van der Waals surface area contributed by atoms with Crippen molar-refractivity contribution < 1.29 is 33.6 Å². The Labute approximate surface area is 349 Å². The van der Waals surface area contributed by atoms with Crippen LogP contribution in [-0.4, -0.2) is 77.8 Å². The number of carbonyl (C=O) groups excluding carboxylic acids is 7. The molecule has 2 bridgehead atoms. The minimum Gasteiger partial charge on any atom is -0.368 e. The molecule has 0 spiro atoms. The summed E-state index contributed by atoms with van der Waals surface area (Å²) in [6, 6.07) is 29.4. The van der Waals surface area contributed by atoms with Crippen molar-refractivity contribution in [2.75, 3.05) is 19.6 Å². The molecule has 1 fully saturated rings. The zero-order valence-corrected chi connectivity index (χ0v) is 33.6. The molecular weight excluding hydrogens is 761 g/mol. The van der Waals surface area contributed by atoms with Gasteiger partial charge in [-0.3, -0.25) is 33.6 Å². The lowest BCUT2D eigenvalue weighted by Crippen LogP contribution is -2.58. The van der Waals surface area contributed by atoms with Crippen LogP contribution in [0.25, 0.3) is 11.1 Å². The Balaban J connectivity index is 1.33. The van der Waals surface area contributed by atoms with Crippen molar-refractivity contribution in [1.82, 2.24) is 26.2 Å². The van der Waals surface area contributed by atoms with E-state index in [9.17, 15) is 33.6 Å². The minimum atomic E-state index is -1.11. The number of nitrogens with zero attached hydrogens (tertiary/aromatic N) is 1. The van der Waals surface area contributed by atoms with Crippen molar-refractivity contribution in [2.24, 2.45) is 11.1 Å². The molecule has 6 amide bonds. The Bertz CT molecular complexity index is 2260. The molecule has 0 saturated carbocycles. The van der Waals surface area contributed by atoms with Crippen LogP contribution >= 0.6 is 0 Å². The van der Waals surface area contributed by atoms with Crippen molar-refractivity contribution in [3.05, 3.63) is 143 Å². The lowest BCUT2D eigenvalue weighted by Gasteiger charge is -2.42. The third-order valence-electron chi connectivity index (χ3n) is 11.1. The fraction of sp³-hybridized carbons (Fsp3) is 0.298. The highest BCUT2D eigenvalue weighted by atomic mass is 16.2. The van der Waals surface area contributed by atoms with Crippen LogP contribution in [0.2, 0.25) is 0 Å². The van der Waals surface area contributed by atoms with E-state index >= 15 is 0 Å². The normalized spacial score (nSPS) is 21.4. The molecule has 0 unspecified atom stereocenters. The molecule has 60 heavy (non-hydrogen) atoms. The van der Waals surface area contributed by atoms with Crippen LogP contribution in [0, 0.1) is 5.41 Å². The quantitative estimate of drug-likeness (QED) is 0.177. The number of piperidine rings is 1. The van der Waals surface area contributed by atoms with Crippen molar-refractivity contribution in [2.45, 2.75) is 64.1 Å². The number of nitrogens with two attached hydrogens (primary N) is 1. The molecule has 3 atom stereocenters. The summed E-state index contributed by atoms with van der Waals surface area (Å²) < 4.78 is 0. The Morgan fingerprint density at radius 1 is 0.767 bits per heavy atom. The molecular formula is C47H50N6O7. The highest BCUT2D eigenvalue weighted by molar-refractivity contribution is 5.98. The van der Waals surface area contributed by atoms with Gasteiger partial charge in [-0.25, -0.2) is 0 Å². The summed E-state index contributed by atoms with van der Waals surface area (Å²) in [7, 11) is 0. The second-order valence-corrected chi connectivity index (χ2v) is 15.5. The van der Waals surface area contributed by atoms with Gasteiger partial charge in [0.1, 0.15) is 12.1 Å². The highest BCUT2D eigenvalue weighted by Crippen LogP contribution is 2.35. The highest BCUT2D eigenvalue weighted by Gasteiger charge is 2.44. The van der Waals surface area contributed by atoms with Crippen molar-refractivity contribution in [3.63, 3.8) is 0 Å². The van der Waals surface area contributed by atoms with Crippen LogP contribution < -0.4 is 27.0 Å². The molecule has 310 valence electrons. The van der Waals surface area contributed by atoms with Crippen LogP contribution in [-0.2, 0) is 54.6 Å². The van der Waals surface area contributed by atoms with E-state index in [1.807, 2.05) is 66.7 Å². The summed E-state index contributed by atoms with van der Waals surface area (Å²) in [5, 5.41) is 11.4. The first-order valence-corrected chi connectivity index (χ1v) is 20.1. The van der Waals surface area contributed by atoms with E-state index in [4.69, 9.17) is 5.73 Å². The standard InChI is InChI=1S/C47H50N6O7/c1-31(54)34-16-18-36(19-17-34)35-14-12-32(13-15-35)26-40-45(59)50-29-38-11-6-5-10-37(38)27-42(56)51-39(44(48)58)22-24-49-41(55)20-21-43(57)53-25-7-23-47(30-53,46(60)52-40)28-33-8-3-2-4-9-33/h2-6,8-21,39-40H,7,22-30H2,1H3,(H2,48,58)(H,49,55)(H,50,59)(H,51,56)(H,52,60)/b21-20+/t39-,40-,47-/m0/s1. The van der Waals surface area contributed by atoms with Crippen molar-refractivity contribution in [1.29, 1.82) is 0 Å². The Morgan fingerprint density at radius 3 is 2.12 bits per heavy atom. The summed E-state index contributed by atoms with van der Waals surface area (Å²) >= 11 is 0. The lowest BCUT2D eigenvalue weighted by molar-refractivity contribution is -0.141. The smallest absolute Gasteiger partial charge is 0.246 e. The number of carbonyl (C=O) groups is 7. The van der Waals surface area contributed by atoms with E-state index < -0.39 is 47.0 Å². The zero-order valence-electron chi connectivity index (χ0n) is 33.6. The van der Waals surface area contributed by atoms with E-state index in [1.165, 1.54) is 6.92 Å². The SMILES string of the molecule is CC(=O)c1ccc(-c2ccc(C[C@@H]3NC(=O)[C@]4(Cc5ccccc5)CCCN(C4)C(=O)/C=C/C(=O)NCC[C@@H](C(N)=O)NC(=O)Cc4ccccc4CNC3=O)cc2)cc1. The molecule has 13 nitrogen and oxygen atoms in total. The molecule has 6 rings (SSSR count). The maximum Gasteiger partial charge on any atom is 0.246 e. The predicted octanol–water partition coefficient (Wildman–Crippen LogP) is 3.34. The molecule has 4 aromatic carbocycles. The molecule has 0 aromatic heterocycles. The fourth-order valence-electron chi connectivity index (χ4n) is 7.77. The maximum absolute atomic E-state index is 14.8. The summed E-state index contributed by atoms with van der Waals surface area (Å²) in [5.41, 5.74) is 9.85. The number of hydrogen-bond donors (Lipinski definition) is 5. The second kappa shape index (κ2) is 19.7. The van der Waals surface area contributed by atoms with Crippen LogP contribution in [0.1, 0.15) is 58.8 Å². The van der Waals surface area contributed by atoms with Gasteiger partial charge < -0.3 is 31.9 Å². The van der Waals surface area contributed by atoms with Gasteiger partial charge >= 0.3 is 0 Å². The summed E-state index contributed by atoms with van der Waals surface area (Å²) in [5.74, 6) is -3.13. The molecule has 1 saturated heterocycles. The van der Waals surface area contributed by atoms with Gasteiger partial charge in [0, 0.05) is 50.3 Å². The number of ketones is 1. The molecule has 2 heterocycles. The average Bonchev–Trinajstić information content (AvgIpc) is 3.24. The summed E-state index contributed by atoms with van der Waals surface area (Å²) in [4.78, 5) is 94.2. The number of Topliss-reactive ketones (excluding diaryl/α,β-unsaturated/α-hetero) is 1. The first-order chi connectivity index (χ1) is 28.9. The van der Waals surface area contributed by atoms with Gasteiger partial charge in [0.05, 0.1) is 11.8 Å². The van der Waals surface area contributed by atoms with Gasteiger partial charge in [0.15, 0.2) is 5.78 Å². The molecule has 6 N–H and O–H groups in total. The largest absolute Gasteiger partial charge is 0.368 e.